The van der Waals surface area contributed by atoms with E-state index in [0.29, 0.717) is 32.2 Å². The molecule has 0 spiro atoms. The Morgan fingerprint density at radius 1 is 0.968 bits per heavy atom. The number of benzene rings is 1. The first-order chi connectivity index (χ1) is 29.0. The number of carbonyl (C=O) groups is 5. The quantitative estimate of drug-likeness (QED) is 0.172. The monoisotopic (exact) mass is 891 g/mol. The number of likely N-dealkylation sites (N-methyl/N-ethyl adjacent to an activating group) is 1. The minimum absolute atomic E-state index is 0.0269. The van der Waals surface area contributed by atoms with E-state index in [-0.39, 0.29) is 54.4 Å². The van der Waals surface area contributed by atoms with Crippen LogP contribution >= 0.6 is 0 Å². The lowest BCUT2D eigenvalue weighted by atomic mass is 9.89. The van der Waals surface area contributed by atoms with Gasteiger partial charge >= 0.3 is 6.09 Å². The number of primary sulfonamides is 1. The Kier molecular flexibility index (Phi) is 17.8. The third-order valence-corrected chi connectivity index (χ3v) is 13.9. The molecule has 5 amide bonds. The lowest BCUT2D eigenvalue weighted by Gasteiger charge is -2.41. The van der Waals surface area contributed by atoms with Crippen LogP contribution in [-0.2, 0) is 49.8 Å². The Labute approximate surface area is 369 Å². The fourth-order valence-corrected chi connectivity index (χ4v) is 10.6. The van der Waals surface area contributed by atoms with E-state index in [1.54, 1.807) is 49.4 Å². The Balaban J connectivity index is 1.49. The number of methoxy groups -OCH3 is 2. The van der Waals surface area contributed by atoms with Crippen LogP contribution in [0.4, 0.5) is 4.79 Å². The minimum Gasteiger partial charge on any atom is -0.444 e. The summed E-state index contributed by atoms with van der Waals surface area (Å²) in [6, 6.07) is 5.68. The number of hydrogen-bond donors (Lipinski definition) is 3. The largest absolute Gasteiger partial charge is 0.444 e. The molecule has 4 rings (SSSR count). The van der Waals surface area contributed by atoms with Gasteiger partial charge in [-0.1, -0.05) is 71.4 Å². The zero-order chi connectivity index (χ0) is 46.3. The fraction of sp³-hybridized carbons (Fsp3) is 0.756. The summed E-state index contributed by atoms with van der Waals surface area (Å²) in [5.74, 6) is -2.98. The van der Waals surface area contributed by atoms with Crippen LogP contribution in [0.1, 0.15) is 106 Å². The molecule has 16 nitrogen and oxygen atoms in total. The molecule has 2 aliphatic heterocycles. The molecule has 3 fully saturated rings. The maximum Gasteiger partial charge on any atom is 0.411 e. The smallest absolute Gasteiger partial charge is 0.411 e. The van der Waals surface area contributed by atoms with Crippen molar-refractivity contribution < 1.29 is 46.6 Å². The standard InChI is InChI=1S/C45H74N6O10S/c1-12-28(4)38(49(9)43(55)37(27(2)3)48-42(54)39-31-20-21-33(24-31)51(39)44(56)61-45(6,7)8)35(59-10)25-36(52)50-22-16-19-34(50)40(60-11)29(5)41(53)47-32(26-62(46,57)58)23-30-17-14-13-15-18-30/h13-15,17-18,27-29,31-35,37-40H,12,16,19-26H2,1-11H3,(H,47,53)(H,48,54)(H2,46,57,58)/t28-,29+,31-,32-,33+,34-,35+,37-,38-,39-,40+/m0/s1. The molecular formula is C45H74N6O10S. The molecule has 0 radical (unpaired) electrons. The number of hydrogen-bond acceptors (Lipinski definition) is 10. The van der Waals surface area contributed by atoms with Gasteiger partial charge in [0.1, 0.15) is 17.7 Å². The summed E-state index contributed by atoms with van der Waals surface area (Å²) in [5.41, 5.74) is 0.110. The van der Waals surface area contributed by atoms with E-state index in [1.807, 2.05) is 58.0 Å². The lowest BCUT2D eigenvalue weighted by Crippen LogP contribution is -2.61. The Morgan fingerprint density at radius 3 is 2.19 bits per heavy atom. The van der Waals surface area contributed by atoms with Crippen molar-refractivity contribution in [2.24, 2.45) is 28.8 Å². The molecule has 62 heavy (non-hydrogen) atoms. The zero-order valence-electron chi connectivity index (χ0n) is 38.8. The first-order valence-corrected chi connectivity index (χ1v) is 24.0. The lowest BCUT2D eigenvalue weighted by molar-refractivity contribution is -0.148. The van der Waals surface area contributed by atoms with Crippen LogP contribution in [0, 0.1) is 23.7 Å². The summed E-state index contributed by atoms with van der Waals surface area (Å²) in [5, 5.41) is 11.3. The van der Waals surface area contributed by atoms with Gasteiger partial charge in [0, 0.05) is 39.9 Å². The van der Waals surface area contributed by atoms with Crippen LogP contribution in [0.25, 0.3) is 0 Å². The minimum atomic E-state index is -3.92. The van der Waals surface area contributed by atoms with Gasteiger partial charge in [0.05, 0.1) is 42.4 Å². The number of amides is 5. The average molecular weight is 891 g/mol. The molecule has 1 aromatic rings. The van der Waals surface area contributed by atoms with Gasteiger partial charge in [-0.2, -0.15) is 0 Å². The molecule has 2 saturated heterocycles. The van der Waals surface area contributed by atoms with Crippen LogP contribution in [-0.4, -0.2) is 140 Å². The predicted octanol–water partition coefficient (Wildman–Crippen LogP) is 3.85. The van der Waals surface area contributed by atoms with Crippen LogP contribution in [0.5, 0.6) is 0 Å². The number of carbonyl (C=O) groups excluding carboxylic acids is 5. The highest BCUT2D eigenvalue weighted by atomic mass is 32.2. The summed E-state index contributed by atoms with van der Waals surface area (Å²) in [7, 11) is 0.781. The summed E-state index contributed by atoms with van der Waals surface area (Å²) in [6.45, 7) is 15.3. The number of piperidine rings is 1. The molecule has 2 heterocycles. The van der Waals surface area contributed by atoms with Gasteiger partial charge in [-0.3, -0.25) is 24.1 Å². The maximum absolute atomic E-state index is 14.6. The van der Waals surface area contributed by atoms with Crippen molar-refractivity contribution in [3.63, 3.8) is 0 Å². The van der Waals surface area contributed by atoms with Crippen LogP contribution in [0.3, 0.4) is 0 Å². The summed E-state index contributed by atoms with van der Waals surface area (Å²) < 4.78 is 42.0. The van der Waals surface area contributed by atoms with Crippen molar-refractivity contribution >= 4 is 39.7 Å². The van der Waals surface area contributed by atoms with Crippen molar-refractivity contribution in [2.75, 3.05) is 33.6 Å². The summed E-state index contributed by atoms with van der Waals surface area (Å²) in [4.78, 5) is 75.0. The number of nitrogens with one attached hydrogen (secondary N) is 2. The molecule has 4 N–H and O–H groups in total. The van der Waals surface area contributed by atoms with Gasteiger partial charge in [0.15, 0.2) is 0 Å². The van der Waals surface area contributed by atoms with Gasteiger partial charge in [-0.15, -0.1) is 0 Å². The highest BCUT2D eigenvalue weighted by Crippen LogP contribution is 2.43. The molecule has 350 valence electrons. The maximum atomic E-state index is 14.6. The van der Waals surface area contributed by atoms with Crippen molar-refractivity contribution in [3.8, 4) is 0 Å². The van der Waals surface area contributed by atoms with E-state index < -0.39 is 81.7 Å². The third kappa shape index (κ3) is 12.9. The molecule has 0 aromatic heterocycles. The molecule has 0 unspecified atom stereocenters. The van der Waals surface area contributed by atoms with Gasteiger partial charge < -0.3 is 34.6 Å². The van der Waals surface area contributed by atoms with E-state index in [0.717, 1.165) is 18.4 Å². The van der Waals surface area contributed by atoms with Crippen LogP contribution in [0.2, 0.25) is 0 Å². The van der Waals surface area contributed by atoms with E-state index in [1.165, 1.54) is 14.2 Å². The summed E-state index contributed by atoms with van der Waals surface area (Å²) >= 11 is 0. The van der Waals surface area contributed by atoms with Crippen molar-refractivity contribution in [3.05, 3.63) is 35.9 Å². The number of ether oxygens (including phenoxy) is 3. The average Bonchev–Trinajstić information content (AvgIpc) is 3.96. The Bertz CT molecular complexity index is 1810. The number of likely N-dealkylation sites (tertiary alicyclic amines) is 2. The molecule has 17 heteroatoms. The highest BCUT2D eigenvalue weighted by molar-refractivity contribution is 7.89. The fourth-order valence-electron chi connectivity index (χ4n) is 9.84. The van der Waals surface area contributed by atoms with Crippen molar-refractivity contribution in [1.29, 1.82) is 0 Å². The van der Waals surface area contributed by atoms with E-state index in [2.05, 4.69) is 10.6 Å². The molecule has 3 aliphatic rings. The van der Waals surface area contributed by atoms with E-state index >= 15 is 0 Å². The van der Waals surface area contributed by atoms with Crippen LogP contribution in [0.15, 0.2) is 30.3 Å². The van der Waals surface area contributed by atoms with Crippen LogP contribution < -0.4 is 15.8 Å². The van der Waals surface area contributed by atoms with Gasteiger partial charge in [-0.05, 0) is 82.6 Å². The highest BCUT2D eigenvalue weighted by Gasteiger charge is 2.53. The molecule has 1 saturated carbocycles. The second-order valence-corrected chi connectivity index (χ2v) is 20.8. The molecular weight excluding hydrogens is 817 g/mol. The normalized spacial score (nSPS) is 23.6. The Hall–Kier alpha value is -3.80. The first-order valence-electron chi connectivity index (χ1n) is 22.3. The van der Waals surface area contributed by atoms with Gasteiger partial charge in [0.2, 0.25) is 33.7 Å². The SMILES string of the molecule is CC[C@H](C)[C@@H]([C@@H](CC(=O)N1CCC[C@H]1[C@H](OC)[C@@H](C)C(=O)N[C@@H](Cc1ccccc1)CS(N)(=O)=O)OC)N(C)C(=O)[C@@H](NC(=O)[C@@H]1[C@H]2CC[C@H](C2)N1C(=O)OC(C)(C)C)C(C)C. The first kappa shape index (κ1) is 50.8. The summed E-state index contributed by atoms with van der Waals surface area (Å²) in [6.07, 6.45) is 2.51. The Morgan fingerprint density at radius 2 is 1.63 bits per heavy atom. The number of nitrogens with zero attached hydrogens (tertiary/aromatic N) is 3. The predicted molar refractivity (Wildman–Crippen MR) is 236 cm³/mol. The van der Waals surface area contributed by atoms with Crippen molar-refractivity contribution in [2.45, 2.75) is 161 Å². The number of fused-ring (bicyclic) bond motifs is 2. The molecule has 11 atom stereocenters. The number of rotatable bonds is 20. The third-order valence-electron chi connectivity index (χ3n) is 13.1. The zero-order valence-corrected chi connectivity index (χ0v) is 39.6. The number of sulfonamides is 1. The second kappa shape index (κ2) is 21.7. The van der Waals surface area contributed by atoms with Crippen molar-refractivity contribution in [1.82, 2.24) is 25.3 Å². The molecule has 1 aliphatic carbocycles. The van der Waals surface area contributed by atoms with Gasteiger partial charge in [-0.25, -0.2) is 18.4 Å². The van der Waals surface area contributed by atoms with E-state index in [4.69, 9.17) is 19.3 Å². The second-order valence-electron chi connectivity index (χ2n) is 19.1. The molecule has 2 bridgehead atoms. The van der Waals surface area contributed by atoms with Gasteiger partial charge in [0.25, 0.3) is 0 Å². The molecule has 1 aromatic carbocycles. The number of nitrogens with two attached hydrogens (primary N) is 1. The topological polar surface area (TPSA) is 207 Å². The van der Waals surface area contributed by atoms with E-state index in [9.17, 15) is 32.4 Å².